The van der Waals surface area contributed by atoms with Gasteiger partial charge in [-0.05, 0) is 18.9 Å². The Bertz CT molecular complexity index is 366. The predicted molar refractivity (Wildman–Crippen MR) is 41.8 cm³/mol. The average Bonchev–Trinajstić information content (AvgIpc) is 2.17. The molecule has 0 aromatic carbocycles. The lowest BCUT2D eigenvalue weighted by Crippen LogP contribution is -1.86. The van der Waals surface area contributed by atoms with Crippen molar-refractivity contribution in [2.24, 2.45) is 4.99 Å². The molecule has 4 nitrogen and oxygen atoms in total. The molecule has 0 saturated heterocycles. The lowest BCUT2D eigenvalue weighted by atomic mass is 10.6. The topological polar surface area (TPSA) is 43.1 Å². The van der Waals surface area contributed by atoms with Gasteiger partial charge in [-0.2, -0.15) is 15.1 Å². The molecule has 0 atom stereocenters. The smallest absolute Gasteiger partial charge is 0.204 e. The zero-order valence-electron chi connectivity index (χ0n) is 6.02. The monoisotopic (exact) mass is 146 g/mol. The zero-order valence-corrected chi connectivity index (χ0v) is 6.02. The Morgan fingerprint density at radius 3 is 3.36 bits per heavy atom. The molecule has 0 radical (unpaired) electrons. The molecule has 0 unspecified atom stereocenters. The third kappa shape index (κ3) is 0.993. The number of nitrogens with zero attached hydrogens (tertiary/aromatic N) is 4. The summed E-state index contributed by atoms with van der Waals surface area (Å²) in [7, 11) is 0. The van der Waals surface area contributed by atoms with Gasteiger partial charge in [0, 0.05) is 12.3 Å². The molecule has 0 N–H and O–H groups in total. The Balaban J connectivity index is 2.66. The van der Waals surface area contributed by atoms with Crippen LogP contribution in [0.25, 0.3) is 6.20 Å². The number of allylic oxidation sites excluding steroid dienone is 2. The summed E-state index contributed by atoms with van der Waals surface area (Å²) >= 11 is 0. The minimum Gasteiger partial charge on any atom is -0.204 e. The Hall–Kier alpha value is -1.67. The summed E-state index contributed by atoms with van der Waals surface area (Å²) < 4.78 is 1.62. The van der Waals surface area contributed by atoms with E-state index in [4.69, 9.17) is 0 Å². The fourth-order valence-corrected chi connectivity index (χ4v) is 0.858. The maximum absolute atomic E-state index is 4.08. The molecular weight excluding hydrogens is 140 g/mol. The highest BCUT2D eigenvalue weighted by Gasteiger charge is 2.02. The van der Waals surface area contributed by atoms with E-state index in [0.717, 1.165) is 5.82 Å². The first-order valence-corrected chi connectivity index (χ1v) is 3.26. The summed E-state index contributed by atoms with van der Waals surface area (Å²) in [5, 5.41) is 4.08. The van der Waals surface area contributed by atoms with Crippen molar-refractivity contribution in [1.82, 2.24) is 14.8 Å². The molecule has 2 heterocycles. The summed E-state index contributed by atoms with van der Waals surface area (Å²) in [5.41, 5.74) is 0. The van der Waals surface area contributed by atoms with Crippen molar-refractivity contribution < 1.29 is 0 Å². The van der Waals surface area contributed by atoms with Crippen LogP contribution in [0.2, 0.25) is 0 Å². The molecule has 1 aromatic heterocycles. The second-order valence-electron chi connectivity index (χ2n) is 2.15. The molecule has 1 aromatic rings. The average molecular weight is 146 g/mol. The van der Waals surface area contributed by atoms with Crippen LogP contribution in [-0.4, -0.2) is 20.6 Å². The highest BCUT2D eigenvalue weighted by Crippen LogP contribution is 2.09. The number of aromatic nitrogens is 3. The molecule has 1 aliphatic rings. The molecule has 0 amide bonds. The third-order valence-corrected chi connectivity index (χ3v) is 1.28. The summed E-state index contributed by atoms with van der Waals surface area (Å²) in [5.74, 6) is 4.00. The van der Waals surface area contributed by atoms with E-state index in [9.17, 15) is 0 Å². The fourth-order valence-electron chi connectivity index (χ4n) is 0.858. The largest absolute Gasteiger partial charge is 0.260 e. The van der Waals surface area contributed by atoms with Gasteiger partial charge >= 0.3 is 0 Å². The van der Waals surface area contributed by atoms with Gasteiger partial charge < -0.3 is 0 Å². The van der Waals surface area contributed by atoms with Gasteiger partial charge in [-0.1, -0.05) is 0 Å². The normalized spacial score (nSPS) is 13.2. The number of aliphatic imine (C=N–C) groups is 1. The Kier molecular flexibility index (Phi) is 1.20. The van der Waals surface area contributed by atoms with Crippen molar-refractivity contribution in [2.75, 3.05) is 0 Å². The quantitative estimate of drug-likeness (QED) is 0.546. The SMILES string of the molecule is Cc1nc2n(n1)C=CC=C=N2. The predicted octanol–water partition coefficient (Wildman–Crippen LogP) is 0.928. The molecule has 2 rings (SSSR count). The number of fused-ring (bicyclic) bond motifs is 1. The van der Waals surface area contributed by atoms with Crippen molar-refractivity contribution in [2.45, 2.75) is 6.92 Å². The molecule has 0 spiro atoms. The van der Waals surface area contributed by atoms with Gasteiger partial charge in [0.25, 0.3) is 5.95 Å². The van der Waals surface area contributed by atoms with Gasteiger partial charge in [-0.15, -0.1) is 0 Å². The van der Waals surface area contributed by atoms with E-state index in [1.807, 2.05) is 13.0 Å². The van der Waals surface area contributed by atoms with Gasteiger partial charge in [0.05, 0.1) is 0 Å². The van der Waals surface area contributed by atoms with E-state index in [-0.39, 0.29) is 0 Å². The van der Waals surface area contributed by atoms with Crippen molar-refractivity contribution in [1.29, 1.82) is 0 Å². The van der Waals surface area contributed by atoms with Gasteiger partial charge in [-0.3, -0.25) is 0 Å². The molecule has 0 fully saturated rings. The Morgan fingerprint density at radius 1 is 1.55 bits per heavy atom. The maximum Gasteiger partial charge on any atom is 0.260 e. The Morgan fingerprint density at radius 2 is 2.45 bits per heavy atom. The number of hydrogen-bond acceptors (Lipinski definition) is 3. The van der Waals surface area contributed by atoms with Gasteiger partial charge in [-0.25, -0.2) is 4.68 Å². The molecule has 0 bridgehead atoms. The van der Waals surface area contributed by atoms with E-state index in [2.05, 4.69) is 20.9 Å². The van der Waals surface area contributed by atoms with Gasteiger partial charge in [0.1, 0.15) is 5.82 Å². The van der Waals surface area contributed by atoms with E-state index >= 15 is 0 Å². The molecule has 4 heteroatoms. The van der Waals surface area contributed by atoms with Crippen LogP contribution < -0.4 is 0 Å². The van der Waals surface area contributed by atoms with E-state index in [1.165, 1.54) is 0 Å². The first kappa shape index (κ1) is 6.07. The van der Waals surface area contributed by atoms with Gasteiger partial charge in [0.15, 0.2) is 0 Å². The summed E-state index contributed by atoms with van der Waals surface area (Å²) in [6.45, 7) is 1.83. The van der Waals surface area contributed by atoms with Crippen LogP contribution in [0.3, 0.4) is 0 Å². The molecular formula is C7H6N4. The molecule has 1 aliphatic heterocycles. The van der Waals surface area contributed by atoms with E-state index in [1.54, 1.807) is 17.0 Å². The van der Waals surface area contributed by atoms with E-state index < -0.39 is 0 Å². The van der Waals surface area contributed by atoms with Gasteiger partial charge in [0.2, 0.25) is 0 Å². The standard InChI is InChI=1S/C7H6N4/c1-6-9-7-8-4-2-3-5-11(7)10-6/h2-3,5H,1H3. The number of rotatable bonds is 0. The lowest BCUT2D eigenvalue weighted by Gasteiger charge is -1.87. The van der Waals surface area contributed by atoms with Crippen LogP contribution in [0.15, 0.2) is 17.1 Å². The van der Waals surface area contributed by atoms with Crippen LogP contribution in [0.4, 0.5) is 5.95 Å². The zero-order chi connectivity index (χ0) is 7.68. The molecule has 54 valence electrons. The number of aryl methyl sites for hydroxylation is 1. The second-order valence-corrected chi connectivity index (χ2v) is 2.15. The van der Waals surface area contributed by atoms with E-state index in [0.29, 0.717) is 5.95 Å². The first-order valence-electron chi connectivity index (χ1n) is 3.26. The second kappa shape index (κ2) is 2.18. The van der Waals surface area contributed by atoms with Crippen LogP contribution in [0, 0.1) is 6.92 Å². The van der Waals surface area contributed by atoms with Crippen molar-refractivity contribution in [3.8, 4) is 0 Å². The van der Waals surface area contributed by atoms with Crippen LogP contribution >= 0.6 is 0 Å². The van der Waals surface area contributed by atoms with Crippen molar-refractivity contribution >= 4 is 18.0 Å². The van der Waals surface area contributed by atoms with Crippen LogP contribution in [0.1, 0.15) is 5.82 Å². The molecule has 0 saturated carbocycles. The summed E-state index contributed by atoms with van der Waals surface area (Å²) in [6.07, 6.45) is 5.32. The minimum absolute atomic E-state index is 0.576. The lowest BCUT2D eigenvalue weighted by molar-refractivity contribution is 0.912. The third-order valence-electron chi connectivity index (χ3n) is 1.28. The number of hydrogen-bond donors (Lipinski definition) is 0. The van der Waals surface area contributed by atoms with Crippen LogP contribution in [-0.2, 0) is 0 Å². The highest BCUT2D eigenvalue weighted by molar-refractivity contribution is 5.62. The van der Waals surface area contributed by atoms with Crippen molar-refractivity contribution in [3.63, 3.8) is 0 Å². The fraction of sp³-hybridized carbons (Fsp3) is 0.143. The van der Waals surface area contributed by atoms with Crippen molar-refractivity contribution in [3.05, 3.63) is 18.0 Å². The maximum atomic E-state index is 4.08. The first-order chi connectivity index (χ1) is 5.36. The van der Waals surface area contributed by atoms with Crippen LogP contribution in [0.5, 0.6) is 0 Å². The molecule has 11 heavy (non-hydrogen) atoms. The molecule has 0 aliphatic carbocycles. The summed E-state index contributed by atoms with van der Waals surface area (Å²) in [6, 6.07) is 0. The summed E-state index contributed by atoms with van der Waals surface area (Å²) in [4.78, 5) is 7.99. The Labute approximate surface area is 63.6 Å². The minimum atomic E-state index is 0.576. The highest BCUT2D eigenvalue weighted by atomic mass is 15.4.